The first kappa shape index (κ1) is 8.39. The van der Waals surface area contributed by atoms with E-state index in [1.54, 1.807) is 0 Å². The predicted octanol–water partition coefficient (Wildman–Crippen LogP) is 0.579. The average Bonchev–Trinajstić information content (AvgIpc) is 2.31. The van der Waals surface area contributed by atoms with Crippen LogP contribution in [-0.2, 0) is 9.53 Å². The molecule has 0 saturated carbocycles. The molecule has 0 aromatic rings. The molecule has 0 saturated heterocycles. The summed E-state index contributed by atoms with van der Waals surface area (Å²) in [5.41, 5.74) is 0. The highest BCUT2D eigenvalue weighted by Crippen LogP contribution is 2.13. The lowest BCUT2D eigenvalue weighted by Crippen LogP contribution is -2.03. The molecule has 11 heavy (non-hydrogen) atoms. The van der Waals surface area contributed by atoms with Crippen LogP contribution >= 0.6 is 11.8 Å². The summed E-state index contributed by atoms with van der Waals surface area (Å²) in [7, 11) is 0. The number of carboxylic acids is 1. The van der Waals surface area contributed by atoms with E-state index in [9.17, 15) is 4.79 Å². The maximum atomic E-state index is 10.1. The van der Waals surface area contributed by atoms with E-state index in [1.165, 1.54) is 0 Å². The molecule has 0 aromatic carbocycles. The Hall–Kier alpha value is -0.710. The van der Waals surface area contributed by atoms with Crippen LogP contribution in [0.25, 0.3) is 0 Å². The summed E-state index contributed by atoms with van der Waals surface area (Å²) in [5.74, 6) is -0.827. The molecular weight excluding hydrogens is 166 g/mol. The van der Waals surface area contributed by atoms with Crippen LogP contribution in [0.5, 0.6) is 0 Å². The van der Waals surface area contributed by atoms with Gasteiger partial charge in [-0.15, -0.1) is 0 Å². The molecule has 0 aliphatic carbocycles. The van der Waals surface area contributed by atoms with E-state index < -0.39 is 5.97 Å². The van der Waals surface area contributed by atoms with Crippen molar-refractivity contribution in [3.63, 3.8) is 0 Å². The molecule has 62 valence electrons. The molecule has 0 fully saturated rings. The normalized spacial score (nSPS) is 22.6. The Morgan fingerprint density at radius 1 is 2.00 bits per heavy atom. The van der Waals surface area contributed by atoms with Gasteiger partial charge >= 0.3 is 5.97 Å². The smallest absolute Gasteiger partial charge is 0.314 e. The number of carboxylic acid groups (broad SMARTS) is 1. The van der Waals surface area contributed by atoms with E-state index in [2.05, 4.69) is 4.99 Å². The van der Waals surface area contributed by atoms with Crippen molar-refractivity contribution in [2.24, 2.45) is 4.99 Å². The minimum atomic E-state index is -0.846. The lowest BCUT2D eigenvalue weighted by atomic mass is 10.4. The van der Waals surface area contributed by atoms with Gasteiger partial charge in [0.15, 0.2) is 0 Å². The summed E-state index contributed by atoms with van der Waals surface area (Å²) >= 11 is 1.12. The first-order chi connectivity index (χ1) is 5.18. The molecule has 4 nitrogen and oxygen atoms in total. The highest BCUT2D eigenvalue weighted by atomic mass is 32.2. The molecule has 1 atom stereocenters. The SMILES string of the molecule is CC1COC(SCC(=O)O)=N1. The number of ether oxygens (including phenoxy) is 1. The van der Waals surface area contributed by atoms with Gasteiger partial charge in [0.2, 0.25) is 5.23 Å². The van der Waals surface area contributed by atoms with E-state index >= 15 is 0 Å². The van der Waals surface area contributed by atoms with Crippen LogP contribution in [0.3, 0.4) is 0 Å². The fourth-order valence-corrected chi connectivity index (χ4v) is 1.30. The molecule has 1 rings (SSSR count). The largest absolute Gasteiger partial charge is 0.481 e. The summed E-state index contributed by atoms with van der Waals surface area (Å²) in [6, 6.07) is 0.172. The van der Waals surface area contributed by atoms with Gasteiger partial charge in [-0.25, -0.2) is 4.99 Å². The van der Waals surface area contributed by atoms with E-state index in [-0.39, 0.29) is 11.8 Å². The Morgan fingerprint density at radius 2 is 2.73 bits per heavy atom. The molecule has 0 bridgehead atoms. The van der Waals surface area contributed by atoms with Crippen molar-refractivity contribution in [1.29, 1.82) is 0 Å². The van der Waals surface area contributed by atoms with E-state index in [0.29, 0.717) is 11.8 Å². The van der Waals surface area contributed by atoms with Crippen molar-refractivity contribution >= 4 is 23.0 Å². The van der Waals surface area contributed by atoms with Gasteiger partial charge in [-0.3, -0.25) is 4.79 Å². The van der Waals surface area contributed by atoms with Crippen LogP contribution in [0.2, 0.25) is 0 Å². The van der Waals surface area contributed by atoms with Crippen molar-refractivity contribution in [3.8, 4) is 0 Å². The fourth-order valence-electron chi connectivity index (χ4n) is 0.649. The number of carbonyl (C=O) groups is 1. The molecule has 0 amide bonds. The second-order valence-electron chi connectivity index (χ2n) is 2.24. The summed E-state index contributed by atoms with van der Waals surface area (Å²) in [4.78, 5) is 14.2. The molecule has 0 spiro atoms. The summed E-state index contributed by atoms with van der Waals surface area (Å²) in [6.07, 6.45) is 0. The zero-order valence-electron chi connectivity index (χ0n) is 6.11. The third kappa shape index (κ3) is 2.80. The summed E-state index contributed by atoms with van der Waals surface area (Å²) in [5, 5.41) is 8.81. The molecule has 1 aliphatic rings. The number of aliphatic carboxylic acids is 1. The molecule has 1 heterocycles. The second kappa shape index (κ2) is 3.61. The van der Waals surface area contributed by atoms with Crippen molar-refractivity contribution in [1.82, 2.24) is 0 Å². The Morgan fingerprint density at radius 3 is 3.18 bits per heavy atom. The predicted molar refractivity (Wildman–Crippen MR) is 42.9 cm³/mol. The number of aliphatic imine (C=N–C) groups is 1. The number of hydrogen-bond donors (Lipinski definition) is 1. The lowest BCUT2D eigenvalue weighted by Gasteiger charge is -1.96. The van der Waals surface area contributed by atoms with Crippen LogP contribution in [0.4, 0.5) is 0 Å². The van der Waals surface area contributed by atoms with Gasteiger partial charge in [0.25, 0.3) is 0 Å². The fraction of sp³-hybridized carbons (Fsp3) is 0.667. The monoisotopic (exact) mass is 175 g/mol. The maximum Gasteiger partial charge on any atom is 0.314 e. The first-order valence-electron chi connectivity index (χ1n) is 3.23. The second-order valence-corrected chi connectivity index (χ2v) is 3.16. The minimum Gasteiger partial charge on any atom is -0.481 e. The minimum absolute atomic E-state index is 0.0194. The third-order valence-corrected chi connectivity index (χ3v) is 1.95. The highest BCUT2D eigenvalue weighted by Gasteiger charge is 2.15. The Kier molecular flexibility index (Phi) is 2.76. The maximum absolute atomic E-state index is 10.1. The van der Waals surface area contributed by atoms with Crippen LogP contribution in [0.15, 0.2) is 4.99 Å². The Balaban J connectivity index is 2.27. The van der Waals surface area contributed by atoms with Crippen molar-refractivity contribution < 1.29 is 14.6 Å². The number of rotatable bonds is 2. The molecule has 0 aromatic heterocycles. The van der Waals surface area contributed by atoms with E-state index in [0.717, 1.165) is 11.8 Å². The average molecular weight is 175 g/mol. The third-order valence-electron chi connectivity index (χ3n) is 1.09. The number of nitrogens with zero attached hydrogens (tertiary/aromatic N) is 1. The molecular formula is C6H9NO3S. The van der Waals surface area contributed by atoms with Crippen LogP contribution < -0.4 is 0 Å². The molecule has 5 heteroatoms. The first-order valence-corrected chi connectivity index (χ1v) is 4.22. The zero-order chi connectivity index (χ0) is 8.27. The lowest BCUT2D eigenvalue weighted by molar-refractivity contribution is -0.133. The van der Waals surface area contributed by atoms with Gasteiger partial charge in [0.05, 0.1) is 6.04 Å². The number of thioether (sulfide) groups is 1. The van der Waals surface area contributed by atoms with Crippen LogP contribution in [0.1, 0.15) is 6.92 Å². The molecule has 1 N–H and O–H groups in total. The molecule has 1 aliphatic heterocycles. The summed E-state index contributed by atoms with van der Waals surface area (Å²) in [6.45, 7) is 2.50. The van der Waals surface area contributed by atoms with Gasteiger partial charge in [-0.05, 0) is 6.92 Å². The van der Waals surface area contributed by atoms with Gasteiger partial charge in [0.1, 0.15) is 12.4 Å². The van der Waals surface area contributed by atoms with Crippen molar-refractivity contribution in [3.05, 3.63) is 0 Å². The van der Waals surface area contributed by atoms with E-state index in [4.69, 9.17) is 9.84 Å². The molecule has 0 radical (unpaired) electrons. The quantitative estimate of drug-likeness (QED) is 0.667. The van der Waals surface area contributed by atoms with Gasteiger partial charge < -0.3 is 9.84 Å². The standard InChI is InChI=1S/C6H9NO3S/c1-4-2-10-6(7-4)11-3-5(8)9/h4H,2-3H2,1H3,(H,8,9). The van der Waals surface area contributed by atoms with Gasteiger partial charge in [-0.2, -0.15) is 0 Å². The van der Waals surface area contributed by atoms with Gasteiger partial charge in [-0.1, -0.05) is 11.8 Å². The topological polar surface area (TPSA) is 58.9 Å². The zero-order valence-corrected chi connectivity index (χ0v) is 6.93. The van der Waals surface area contributed by atoms with Crippen LogP contribution in [0, 0.1) is 0 Å². The van der Waals surface area contributed by atoms with Crippen LogP contribution in [-0.4, -0.2) is 34.7 Å². The van der Waals surface area contributed by atoms with E-state index in [1.807, 2.05) is 6.92 Å². The number of hydrogen-bond acceptors (Lipinski definition) is 4. The molecule has 1 unspecified atom stereocenters. The highest BCUT2D eigenvalue weighted by molar-refractivity contribution is 8.14. The summed E-state index contributed by atoms with van der Waals surface area (Å²) < 4.78 is 5.07. The Bertz CT molecular complexity index is 192. The van der Waals surface area contributed by atoms with Crippen molar-refractivity contribution in [2.45, 2.75) is 13.0 Å². The van der Waals surface area contributed by atoms with Gasteiger partial charge in [0, 0.05) is 0 Å². The van der Waals surface area contributed by atoms with Crippen molar-refractivity contribution in [2.75, 3.05) is 12.4 Å². The Labute approximate surface area is 68.6 Å².